The van der Waals surface area contributed by atoms with Crippen molar-refractivity contribution in [1.82, 2.24) is 0 Å². The molecule has 0 aromatic rings. The molecular formula is C18H26O4. The van der Waals surface area contributed by atoms with Crippen LogP contribution in [0.15, 0.2) is 37.5 Å². The van der Waals surface area contributed by atoms with Gasteiger partial charge in [-0.05, 0) is 44.9 Å². The van der Waals surface area contributed by atoms with Gasteiger partial charge >= 0.3 is 11.9 Å². The average molecular weight is 306 g/mol. The molecule has 4 heteroatoms. The van der Waals surface area contributed by atoms with Gasteiger partial charge in [0.05, 0.1) is 13.2 Å². The lowest BCUT2D eigenvalue weighted by molar-refractivity contribution is -0.172. The van der Waals surface area contributed by atoms with E-state index in [1.54, 1.807) is 19.9 Å². The van der Waals surface area contributed by atoms with Gasteiger partial charge in [0.15, 0.2) is 5.41 Å². The van der Waals surface area contributed by atoms with E-state index in [2.05, 4.69) is 13.2 Å². The summed E-state index contributed by atoms with van der Waals surface area (Å²) in [6.45, 7) is 11.4. The molecule has 4 nitrogen and oxygen atoms in total. The van der Waals surface area contributed by atoms with Crippen LogP contribution in [0.3, 0.4) is 0 Å². The van der Waals surface area contributed by atoms with Crippen LogP contribution in [0.4, 0.5) is 0 Å². The molecule has 0 aromatic heterocycles. The fraction of sp³-hybridized carbons (Fsp3) is 0.556. The van der Waals surface area contributed by atoms with Crippen LogP contribution in [0.2, 0.25) is 0 Å². The van der Waals surface area contributed by atoms with Gasteiger partial charge in [0.25, 0.3) is 0 Å². The summed E-state index contributed by atoms with van der Waals surface area (Å²) in [5.74, 6) is -0.679. The van der Waals surface area contributed by atoms with Gasteiger partial charge in [-0.2, -0.15) is 0 Å². The summed E-state index contributed by atoms with van der Waals surface area (Å²) in [6.07, 6.45) is 8.96. The highest BCUT2D eigenvalue weighted by Crippen LogP contribution is 2.49. The molecular weight excluding hydrogens is 280 g/mol. The molecule has 1 rings (SSSR count). The summed E-state index contributed by atoms with van der Waals surface area (Å²) in [4.78, 5) is 24.9. The lowest BCUT2D eigenvalue weighted by Gasteiger charge is -2.24. The Labute approximate surface area is 132 Å². The molecule has 122 valence electrons. The SMILES string of the molecule is C=C/C=C/[C@@H]1CC(C(=O)OCC)(C(=O)OCC)C[C@H]1CC=C. The second-order valence-corrected chi connectivity index (χ2v) is 5.50. The Bertz CT molecular complexity index is 432. The third-order valence-electron chi connectivity index (χ3n) is 4.10. The first-order valence-electron chi connectivity index (χ1n) is 7.80. The second kappa shape index (κ2) is 8.57. The number of allylic oxidation sites excluding steroid dienone is 4. The topological polar surface area (TPSA) is 52.6 Å². The summed E-state index contributed by atoms with van der Waals surface area (Å²) < 4.78 is 10.3. The van der Waals surface area contributed by atoms with Gasteiger partial charge in [0.1, 0.15) is 0 Å². The number of rotatable bonds is 8. The Hall–Kier alpha value is -1.84. The van der Waals surface area contributed by atoms with Crippen LogP contribution in [0.25, 0.3) is 0 Å². The van der Waals surface area contributed by atoms with Crippen LogP contribution >= 0.6 is 0 Å². The van der Waals surface area contributed by atoms with Crippen LogP contribution in [0.5, 0.6) is 0 Å². The predicted molar refractivity (Wildman–Crippen MR) is 86.1 cm³/mol. The first-order chi connectivity index (χ1) is 10.6. The fourth-order valence-electron chi connectivity index (χ4n) is 3.13. The van der Waals surface area contributed by atoms with E-state index < -0.39 is 17.4 Å². The molecule has 0 unspecified atom stereocenters. The molecule has 0 aromatic carbocycles. The maximum atomic E-state index is 12.5. The number of ether oxygens (including phenoxy) is 2. The average Bonchev–Trinajstić information content (AvgIpc) is 2.86. The van der Waals surface area contributed by atoms with Crippen LogP contribution in [0, 0.1) is 17.3 Å². The van der Waals surface area contributed by atoms with Gasteiger partial charge in [0.2, 0.25) is 0 Å². The second-order valence-electron chi connectivity index (χ2n) is 5.50. The van der Waals surface area contributed by atoms with E-state index in [0.717, 1.165) is 6.42 Å². The number of carbonyl (C=O) groups is 2. The molecule has 1 fully saturated rings. The highest BCUT2D eigenvalue weighted by molar-refractivity contribution is 6.00. The fourth-order valence-corrected chi connectivity index (χ4v) is 3.13. The van der Waals surface area contributed by atoms with Crippen molar-refractivity contribution in [2.45, 2.75) is 33.1 Å². The zero-order valence-electron chi connectivity index (χ0n) is 13.5. The lowest BCUT2D eigenvalue weighted by Crippen LogP contribution is -2.40. The summed E-state index contributed by atoms with van der Waals surface area (Å²) in [5, 5.41) is 0. The molecule has 1 saturated carbocycles. The van der Waals surface area contributed by atoms with Crippen LogP contribution in [0.1, 0.15) is 33.1 Å². The number of hydrogen-bond donors (Lipinski definition) is 0. The molecule has 1 aliphatic rings. The molecule has 0 saturated heterocycles. The summed E-state index contributed by atoms with van der Waals surface area (Å²) in [5.41, 5.74) is -1.20. The molecule has 0 radical (unpaired) electrons. The van der Waals surface area contributed by atoms with E-state index in [-0.39, 0.29) is 25.0 Å². The van der Waals surface area contributed by atoms with Crippen molar-refractivity contribution < 1.29 is 19.1 Å². The maximum Gasteiger partial charge on any atom is 0.323 e. The van der Waals surface area contributed by atoms with Gasteiger partial charge in [0, 0.05) is 0 Å². The molecule has 0 heterocycles. The third-order valence-corrected chi connectivity index (χ3v) is 4.10. The Kier molecular flexibility index (Phi) is 7.09. The zero-order valence-corrected chi connectivity index (χ0v) is 13.5. The number of esters is 2. The standard InChI is InChI=1S/C18H26O4/c1-5-9-11-15-13-18(16(19)21-7-3,17(20)22-8-4)12-14(15)10-6-2/h5-6,9,11,14-15H,1-2,7-8,10,12-13H2,3-4H3/b11-9+/t14-,15-/m1/s1. The van der Waals surface area contributed by atoms with E-state index >= 15 is 0 Å². The van der Waals surface area contributed by atoms with Gasteiger partial charge < -0.3 is 9.47 Å². The van der Waals surface area contributed by atoms with Crippen molar-refractivity contribution >= 4 is 11.9 Å². The Balaban J connectivity index is 3.12. The minimum absolute atomic E-state index is 0.102. The Morgan fingerprint density at radius 1 is 1.14 bits per heavy atom. The zero-order chi connectivity index (χ0) is 16.6. The van der Waals surface area contributed by atoms with Crippen molar-refractivity contribution in [2.75, 3.05) is 13.2 Å². The first-order valence-corrected chi connectivity index (χ1v) is 7.80. The van der Waals surface area contributed by atoms with E-state index in [1.165, 1.54) is 0 Å². The summed E-state index contributed by atoms with van der Waals surface area (Å²) in [6, 6.07) is 0. The van der Waals surface area contributed by atoms with Gasteiger partial charge in [-0.15, -0.1) is 6.58 Å². The third kappa shape index (κ3) is 3.87. The molecule has 22 heavy (non-hydrogen) atoms. The quantitative estimate of drug-likeness (QED) is 0.298. The first kappa shape index (κ1) is 18.2. The van der Waals surface area contributed by atoms with Gasteiger partial charge in [-0.3, -0.25) is 9.59 Å². The summed E-state index contributed by atoms with van der Waals surface area (Å²) in [7, 11) is 0. The van der Waals surface area contributed by atoms with Crippen LogP contribution < -0.4 is 0 Å². The van der Waals surface area contributed by atoms with Crippen molar-refractivity contribution in [3.8, 4) is 0 Å². The van der Waals surface area contributed by atoms with Crippen molar-refractivity contribution in [3.05, 3.63) is 37.5 Å². The molecule has 0 N–H and O–H groups in total. The highest BCUT2D eigenvalue weighted by Gasteiger charge is 2.56. The normalized spacial score (nSPS) is 23.2. The minimum Gasteiger partial charge on any atom is -0.465 e. The molecule has 2 atom stereocenters. The Morgan fingerprint density at radius 2 is 1.73 bits per heavy atom. The monoisotopic (exact) mass is 306 g/mol. The lowest BCUT2D eigenvalue weighted by atomic mass is 9.84. The molecule has 0 spiro atoms. The van der Waals surface area contributed by atoms with E-state index in [9.17, 15) is 9.59 Å². The largest absolute Gasteiger partial charge is 0.465 e. The Morgan fingerprint density at radius 3 is 2.18 bits per heavy atom. The van der Waals surface area contributed by atoms with Crippen LogP contribution in [-0.4, -0.2) is 25.2 Å². The minimum atomic E-state index is -1.20. The van der Waals surface area contributed by atoms with Gasteiger partial charge in [-0.1, -0.05) is 30.9 Å². The molecule has 0 bridgehead atoms. The number of carbonyl (C=O) groups excluding carboxylic acids is 2. The summed E-state index contributed by atoms with van der Waals surface area (Å²) >= 11 is 0. The van der Waals surface area contributed by atoms with Gasteiger partial charge in [-0.25, -0.2) is 0 Å². The molecule has 0 aliphatic heterocycles. The predicted octanol–water partition coefficient (Wildman–Crippen LogP) is 3.44. The molecule has 1 aliphatic carbocycles. The molecule has 0 amide bonds. The van der Waals surface area contributed by atoms with Crippen molar-refractivity contribution in [3.63, 3.8) is 0 Å². The van der Waals surface area contributed by atoms with Crippen molar-refractivity contribution in [1.29, 1.82) is 0 Å². The maximum absolute atomic E-state index is 12.5. The van der Waals surface area contributed by atoms with Crippen molar-refractivity contribution in [2.24, 2.45) is 17.3 Å². The van der Waals surface area contributed by atoms with E-state index in [0.29, 0.717) is 12.8 Å². The highest BCUT2D eigenvalue weighted by atomic mass is 16.6. The van der Waals surface area contributed by atoms with E-state index in [1.807, 2.05) is 18.2 Å². The van der Waals surface area contributed by atoms with E-state index in [4.69, 9.17) is 9.47 Å². The number of hydrogen-bond acceptors (Lipinski definition) is 4. The smallest absolute Gasteiger partial charge is 0.323 e. The van der Waals surface area contributed by atoms with Crippen LogP contribution in [-0.2, 0) is 19.1 Å².